The third-order valence-electron chi connectivity index (χ3n) is 5.23. The van der Waals surface area contributed by atoms with E-state index in [1.54, 1.807) is 4.90 Å². The normalized spacial score (nSPS) is 14.2. The zero-order valence-electron chi connectivity index (χ0n) is 16.5. The van der Waals surface area contributed by atoms with Gasteiger partial charge in [-0.25, -0.2) is 0 Å². The van der Waals surface area contributed by atoms with Crippen LogP contribution < -0.4 is 0 Å². The van der Waals surface area contributed by atoms with Crippen LogP contribution >= 0.6 is 0 Å². The van der Waals surface area contributed by atoms with Gasteiger partial charge in [0, 0.05) is 17.6 Å². The van der Waals surface area contributed by atoms with E-state index in [0.29, 0.717) is 30.5 Å². The Balaban J connectivity index is 1.84. The third kappa shape index (κ3) is 4.04. The van der Waals surface area contributed by atoms with E-state index in [0.717, 1.165) is 22.4 Å². The van der Waals surface area contributed by atoms with Gasteiger partial charge in [0.25, 0.3) is 0 Å². The molecule has 0 saturated carbocycles. The highest BCUT2D eigenvalue weighted by atomic mass is 16.2. The average Bonchev–Trinajstić information content (AvgIpc) is 2.76. The summed E-state index contributed by atoms with van der Waals surface area (Å²) in [6, 6.07) is 27.3. The van der Waals surface area contributed by atoms with Crippen molar-refractivity contribution in [1.29, 1.82) is 0 Å². The Labute approximate surface area is 171 Å². The molecule has 0 fully saturated rings. The highest BCUT2D eigenvalue weighted by Crippen LogP contribution is 2.34. The molecule has 1 aliphatic rings. The van der Waals surface area contributed by atoms with Crippen LogP contribution in [0, 0.1) is 6.92 Å². The van der Waals surface area contributed by atoms with Crippen molar-refractivity contribution in [3.63, 3.8) is 0 Å². The smallest absolute Gasteiger partial charge is 0.227 e. The Hall–Kier alpha value is -3.46. The van der Waals surface area contributed by atoms with E-state index in [1.165, 1.54) is 0 Å². The van der Waals surface area contributed by atoms with Crippen molar-refractivity contribution in [2.75, 3.05) is 0 Å². The monoisotopic (exact) mass is 381 g/mol. The molecule has 0 unspecified atom stereocenters. The molecule has 0 spiro atoms. The van der Waals surface area contributed by atoms with Crippen LogP contribution in [0.25, 0.3) is 5.70 Å². The van der Waals surface area contributed by atoms with Gasteiger partial charge in [-0.2, -0.15) is 0 Å². The molecule has 0 bridgehead atoms. The van der Waals surface area contributed by atoms with Crippen LogP contribution in [-0.4, -0.2) is 16.6 Å². The summed E-state index contributed by atoms with van der Waals surface area (Å²) in [7, 11) is 0. The van der Waals surface area contributed by atoms with Gasteiger partial charge in [-0.05, 0) is 30.5 Å². The number of carbonyl (C=O) groups excluding carboxylic acids is 2. The van der Waals surface area contributed by atoms with E-state index in [9.17, 15) is 9.59 Å². The van der Waals surface area contributed by atoms with Crippen LogP contribution in [0.3, 0.4) is 0 Å². The van der Waals surface area contributed by atoms with Crippen molar-refractivity contribution < 1.29 is 9.59 Å². The summed E-state index contributed by atoms with van der Waals surface area (Å²) in [5.74, 6) is 0.0478. The quantitative estimate of drug-likeness (QED) is 0.554. The second-order valence-corrected chi connectivity index (χ2v) is 7.36. The van der Waals surface area contributed by atoms with Crippen LogP contribution in [-0.2, 0) is 11.3 Å². The zero-order valence-corrected chi connectivity index (χ0v) is 16.5. The first-order chi connectivity index (χ1) is 14.1. The molecule has 3 nitrogen and oxygen atoms in total. The minimum atomic E-state index is -0.00175. The molecule has 3 heteroatoms. The van der Waals surface area contributed by atoms with Gasteiger partial charge in [-0.15, -0.1) is 0 Å². The lowest BCUT2D eigenvalue weighted by atomic mass is 9.90. The molecular weight excluding hydrogens is 358 g/mol. The van der Waals surface area contributed by atoms with Crippen molar-refractivity contribution in [1.82, 2.24) is 4.90 Å². The maximum Gasteiger partial charge on any atom is 0.227 e. The highest BCUT2D eigenvalue weighted by molar-refractivity contribution is 6.15. The summed E-state index contributed by atoms with van der Waals surface area (Å²) < 4.78 is 0. The van der Waals surface area contributed by atoms with E-state index in [4.69, 9.17) is 0 Å². The summed E-state index contributed by atoms with van der Waals surface area (Å²) >= 11 is 0. The highest BCUT2D eigenvalue weighted by Gasteiger charge is 2.31. The number of hydrogen-bond donors (Lipinski definition) is 0. The SMILES string of the molecule is Cc1cccc(C(=O)C2=C(c3ccccc3)N(Cc3ccccc3)C(=O)CC2)c1. The Morgan fingerprint density at radius 1 is 0.862 bits per heavy atom. The van der Waals surface area contributed by atoms with E-state index >= 15 is 0 Å². The topological polar surface area (TPSA) is 37.4 Å². The fraction of sp³-hybridized carbons (Fsp3) is 0.154. The lowest BCUT2D eigenvalue weighted by Gasteiger charge is -2.32. The van der Waals surface area contributed by atoms with Crippen LogP contribution in [0.4, 0.5) is 0 Å². The zero-order chi connectivity index (χ0) is 20.2. The molecule has 1 heterocycles. The number of aryl methyl sites for hydroxylation is 1. The molecule has 3 aromatic carbocycles. The number of carbonyl (C=O) groups is 2. The Kier molecular flexibility index (Phi) is 5.39. The average molecular weight is 381 g/mol. The van der Waals surface area contributed by atoms with Gasteiger partial charge >= 0.3 is 0 Å². The van der Waals surface area contributed by atoms with Crippen LogP contribution in [0.1, 0.15) is 39.9 Å². The second-order valence-electron chi connectivity index (χ2n) is 7.36. The molecule has 0 aromatic heterocycles. The van der Waals surface area contributed by atoms with Crippen molar-refractivity contribution in [3.05, 3.63) is 113 Å². The molecule has 1 aliphatic heterocycles. The van der Waals surface area contributed by atoms with Gasteiger partial charge in [0.2, 0.25) is 5.91 Å². The molecule has 0 aliphatic carbocycles. The van der Waals surface area contributed by atoms with Crippen LogP contribution in [0.2, 0.25) is 0 Å². The van der Waals surface area contributed by atoms with Crippen molar-refractivity contribution in [2.24, 2.45) is 0 Å². The number of allylic oxidation sites excluding steroid dienone is 1. The van der Waals surface area contributed by atoms with Gasteiger partial charge in [0.1, 0.15) is 0 Å². The number of benzene rings is 3. The largest absolute Gasteiger partial charge is 0.307 e. The lowest BCUT2D eigenvalue weighted by molar-refractivity contribution is -0.128. The molecule has 3 aromatic rings. The molecule has 0 atom stereocenters. The Morgan fingerprint density at radius 2 is 1.55 bits per heavy atom. The van der Waals surface area contributed by atoms with E-state index in [1.807, 2.05) is 91.9 Å². The molecule has 144 valence electrons. The third-order valence-corrected chi connectivity index (χ3v) is 5.23. The fourth-order valence-corrected chi connectivity index (χ4v) is 3.81. The molecule has 0 N–H and O–H groups in total. The van der Waals surface area contributed by atoms with Gasteiger partial charge in [0.05, 0.1) is 12.2 Å². The number of nitrogens with zero attached hydrogens (tertiary/aromatic N) is 1. The van der Waals surface area contributed by atoms with Crippen LogP contribution in [0.5, 0.6) is 0 Å². The number of Topliss-reactive ketones (excluding diaryl/α,β-unsaturated/α-hetero) is 1. The number of hydrogen-bond acceptors (Lipinski definition) is 2. The molecule has 1 amide bonds. The van der Waals surface area contributed by atoms with Crippen LogP contribution in [0.15, 0.2) is 90.5 Å². The maximum absolute atomic E-state index is 13.4. The van der Waals surface area contributed by atoms with E-state index < -0.39 is 0 Å². The Morgan fingerprint density at radius 3 is 2.24 bits per heavy atom. The molecule has 0 saturated heterocycles. The predicted octanol–water partition coefficient (Wildman–Crippen LogP) is 5.41. The Bertz CT molecular complexity index is 1070. The molecule has 29 heavy (non-hydrogen) atoms. The minimum absolute atomic E-state index is 0.00175. The van der Waals surface area contributed by atoms with Crippen molar-refractivity contribution >= 4 is 17.4 Å². The first-order valence-electron chi connectivity index (χ1n) is 9.88. The molecule has 0 radical (unpaired) electrons. The second kappa shape index (κ2) is 8.27. The number of rotatable bonds is 5. The fourth-order valence-electron chi connectivity index (χ4n) is 3.81. The van der Waals surface area contributed by atoms with E-state index in [2.05, 4.69) is 0 Å². The van der Waals surface area contributed by atoms with Gasteiger partial charge in [-0.3, -0.25) is 9.59 Å². The summed E-state index contributed by atoms with van der Waals surface area (Å²) in [6.45, 7) is 2.43. The van der Waals surface area contributed by atoms with Crippen molar-refractivity contribution in [3.8, 4) is 0 Å². The van der Waals surface area contributed by atoms with Gasteiger partial charge in [-0.1, -0.05) is 84.4 Å². The lowest BCUT2D eigenvalue weighted by Crippen LogP contribution is -2.34. The maximum atomic E-state index is 13.4. The predicted molar refractivity (Wildman–Crippen MR) is 115 cm³/mol. The molecule has 4 rings (SSSR count). The standard InChI is InChI=1S/C26H23NO2/c1-19-9-8-14-22(17-19)26(29)23-15-16-24(28)27(18-20-10-4-2-5-11-20)25(23)21-12-6-3-7-13-21/h2-14,17H,15-16,18H2,1H3. The first-order valence-corrected chi connectivity index (χ1v) is 9.88. The number of ketones is 1. The summed E-state index contributed by atoms with van der Waals surface area (Å²) in [5.41, 5.74) is 5.09. The number of amides is 1. The molecular formula is C26H23NO2. The van der Waals surface area contributed by atoms with Crippen molar-refractivity contribution in [2.45, 2.75) is 26.3 Å². The van der Waals surface area contributed by atoms with Gasteiger partial charge < -0.3 is 4.90 Å². The first kappa shape index (κ1) is 18.9. The van der Waals surface area contributed by atoms with E-state index in [-0.39, 0.29) is 11.7 Å². The summed E-state index contributed by atoms with van der Waals surface area (Å²) in [4.78, 5) is 28.1. The minimum Gasteiger partial charge on any atom is -0.307 e. The summed E-state index contributed by atoms with van der Waals surface area (Å²) in [5, 5.41) is 0. The summed E-state index contributed by atoms with van der Waals surface area (Å²) in [6.07, 6.45) is 0.803. The van der Waals surface area contributed by atoms with Gasteiger partial charge in [0.15, 0.2) is 5.78 Å².